The topological polar surface area (TPSA) is 35.6 Å². The second-order valence-corrected chi connectivity index (χ2v) is 6.45. The van der Waals surface area contributed by atoms with Crippen LogP contribution in [0.2, 0.25) is 0 Å². The van der Waals surface area contributed by atoms with E-state index in [2.05, 4.69) is 15.1 Å². The fraction of sp³-hybridized carbons (Fsp3) is 0.933. The molecular weight excluding hydrogens is 274 g/mol. The highest BCUT2D eigenvalue weighted by Crippen LogP contribution is 2.31. The molecule has 2 aliphatic heterocycles. The number of amides is 1. The zero-order valence-corrected chi connectivity index (χ0v) is 13.2. The van der Waals surface area contributed by atoms with Crippen LogP contribution in [-0.2, 0) is 4.79 Å². The average Bonchev–Trinajstić information content (AvgIpc) is 3.27. The Hall–Kier alpha value is -0.320. The van der Waals surface area contributed by atoms with Crippen molar-refractivity contribution in [1.29, 1.82) is 0 Å². The van der Waals surface area contributed by atoms with E-state index in [1.54, 1.807) is 0 Å². The minimum atomic E-state index is 0. The SMILES string of the molecule is Cl.O=C(C1CC1)N1CCCN(CC2CCNCC2)CC1. The van der Waals surface area contributed by atoms with Gasteiger partial charge < -0.3 is 15.1 Å². The van der Waals surface area contributed by atoms with Crippen LogP contribution in [0, 0.1) is 11.8 Å². The van der Waals surface area contributed by atoms with Gasteiger partial charge in [-0.2, -0.15) is 0 Å². The Bertz CT molecular complexity index is 316. The van der Waals surface area contributed by atoms with Crippen molar-refractivity contribution < 1.29 is 4.79 Å². The van der Waals surface area contributed by atoms with Crippen molar-refractivity contribution in [2.75, 3.05) is 45.8 Å². The molecule has 3 rings (SSSR count). The highest BCUT2D eigenvalue weighted by atomic mass is 35.5. The molecule has 3 fully saturated rings. The summed E-state index contributed by atoms with van der Waals surface area (Å²) < 4.78 is 0. The van der Waals surface area contributed by atoms with Crippen LogP contribution in [0.4, 0.5) is 0 Å². The van der Waals surface area contributed by atoms with E-state index < -0.39 is 0 Å². The van der Waals surface area contributed by atoms with Gasteiger partial charge in [-0.1, -0.05) is 0 Å². The summed E-state index contributed by atoms with van der Waals surface area (Å²) in [6, 6.07) is 0. The molecule has 1 amide bonds. The summed E-state index contributed by atoms with van der Waals surface area (Å²) in [6.07, 6.45) is 6.06. The molecular formula is C15H28ClN3O. The van der Waals surface area contributed by atoms with Gasteiger partial charge in [-0.3, -0.25) is 4.79 Å². The minimum Gasteiger partial charge on any atom is -0.341 e. The first kappa shape index (κ1) is 16.1. The third-order valence-corrected chi connectivity index (χ3v) is 4.80. The van der Waals surface area contributed by atoms with Gasteiger partial charge in [0.2, 0.25) is 5.91 Å². The Morgan fingerprint density at radius 1 is 1.00 bits per heavy atom. The van der Waals surface area contributed by atoms with Crippen LogP contribution in [-0.4, -0.2) is 61.5 Å². The summed E-state index contributed by atoms with van der Waals surface area (Å²) >= 11 is 0. The molecule has 0 spiro atoms. The maximum absolute atomic E-state index is 12.1. The van der Waals surface area contributed by atoms with Crippen molar-refractivity contribution in [3.63, 3.8) is 0 Å². The number of halogens is 1. The molecule has 0 aromatic rings. The molecule has 2 heterocycles. The quantitative estimate of drug-likeness (QED) is 0.855. The first-order chi connectivity index (χ1) is 9.33. The number of hydrogen-bond donors (Lipinski definition) is 1. The van der Waals surface area contributed by atoms with Crippen molar-refractivity contribution in [3.8, 4) is 0 Å². The molecule has 0 atom stereocenters. The maximum Gasteiger partial charge on any atom is 0.225 e. The summed E-state index contributed by atoms with van der Waals surface area (Å²) in [5.41, 5.74) is 0. The minimum absolute atomic E-state index is 0. The number of carbonyl (C=O) groups excluding carboxylic acids is 1. The number of piperidine rings is 1. The molecule has 4 nitrogen and oxygen atoms in total. The van der Waals surface area contributed by atoms with E-state index in [0.29, 0.717) is 11.8 Å². The Balaban J connectivity index is 0.00000147. The van der Waals surface area contributed by atoms with E-state index in [-0.39, 0.29) is 12.4 Å². The molecule has 3 aliphatic rings. The van der Waals surface area contributed by atoms with Gasteiger partial charge in [0.15, 0.2) is 0 Å². The lowest BCUT2D eigenvalue weighted by Gasteiger charge is -2.29. The molecule has 116 valence electrons. The van der Waals surface area contributed by atoms with Crippen molar-refractivity contribution >= 4 is 18.3 Å². The van der Waals surface area contributed by atoms with E-state index in [1.807, 2.05) is 0 Å². The predicted molar refractivity (Wildman–Crippen MR) is 83.2 cm³/mol. The molecule has 20 heavy (non-hydrogen) atoms. The fourth-order valence-electron chi connectivity index (χ4n) is 3.39. The van der Waals surface area contributed by atoms with E-state index >= 15 is 0 Å². The van der Waals surface area contributed by atoms with Crippen molar-refractivity contribution in [1.82, 2.24) is 15.1 Å². The molecule has 0 radical (unpaired) electrons. The normalized spacial score (nSPS) is 25.9. The lowest BCUT2D eigenvalue weighted by atomic mass is 9.97. The Morgan fingerprint density at radius 3 is 2.45 bits per heavy atom. The van der Waals surface area contributed by atoms with E-state index in [4.69, 9.17) is 0 Å². The van der Waals surface area contributed by atoms with Crippen LogP contribution in [0.25, 0.3) is 0 Å². The molecule has 0 aromatic heterocycles. The first-order valence-electron chi connectivity index (χ1n) is 8.05. The molecule has 0 bridgehead atoms. The van der Waals surface area contributed by atoms with Crippen LogP contribution < -0.4 is 5.32 Å². The van der Waals surface area contributed by atoms with Crippen LogP contribution in [0.3, 0.4) is 0 Å². The van der Waals surface area contributed by atoms with Gasteiger partial charge in [-0.25, -0.2) is 0 Å². The molecule has 1 N–H and O–H groups in total. The Labute approximate surface area is 128 Å². The molecule has 0 unspecified atom stereocenters. The lowest BCUT2D eigenvalue weighted by Crippen LogP contribution is -2.39. The first-order valence-corrected chi connectivity index (χ1v) is 8.05. The number of nitrogens with one attached hydrogen (secondary N) is 1. The fourth-order valence-corrected chi connectivity index (χ4v) is 3.39. The zero-order valence-electron chi connectivity index (χ0n) is 12.4. The van der Waals surface area contributed by atoms with Crippen molar-refractivity contribution in [3.05, 3.63) is 0 Å². The highest BCUT2D eigenvalue weighted by Gasteiger charge is 2.34. The Morgan fingerprint density at radius 2 is 1.75 bits per heavy atom. The van der Waals surface area contributed by atoms with Crippen LogP contribution in [0.1, 0.15) is 32.1 Å². The molecule has 2 saturated heterocycles. The summed E-state index contributed by atoms with van der Waals surface area (Å²) in [5.74, 6) is 1.69. The summed E-state index contributed by atoms with van der Waals surface area (Å²) in [6.45, 7) is 7.82. The lowest BCUT2D eigenvalue weighted by molar-refractivity contribution is -0.132. The van der Waals surface area contributed by atoms with Gasteiger partial charge >= 0.3 is 0 Å². The number of rotatable bonds is 3. The van der Waals surface area contributed by atoms with Gasteiger partial charge in [0.1, 0.15) is 0 Å². The summed E-state index contributed by atoms with van der Waals surface area (Å²) in [7, 11) is 0. The summed E-state index contributed by atoms with van der Waals surface area (Å²) in [4.78, 5) is 16.8. The van der Waals surface area contributed by atoms with Crippen molar-refractivity contribution in [2.24, 2.45) is 11.8 Å². The van der Waals surface area contributed by atoms with Crippen LogP contribution in [0.15, 0.2) is 0 Å². The third kappa shape index (κ3) is 4.34. The monoisotopic (exact) mass is 301 g/mol. The Kier molecular flexibility index (Phi) is 6.12. The van der Waals surface area contributed by atoms with E-state index in [0.717, 1.165) is 44.8 Å². The molecule has 5 heteroatoms. The molecule has 1 saturated carbocycles. The van der Waals surface area contributed by atoms with Crippen LogP contribution in [0.5, 0.6) is 0 Å². The maximum atomic E-state index is 12.1. The average molecular weight is 302 g/mol. The zero-order chi connectivity index (χ0) is 13.1. The van der Waals surface area contributed by atoms with E-state index in [9.17, 15) is 4.79 Å². The predicted octanol–water partition coefficient (Wildman–Crippen LogP) is 1.35. The standard InChI is InChI=1S/C15H27N3O.ClH/c19-15(14-2-3-14)18-9-1-8-17(10-11-18)12-13-4-6-16-7-5-13;/h13-14,16H,1-12H2;1H. The van der Waals surface area contributed by atoms with Gasteiger partial charge in [0, 0.05) is 32.1 Å². The molecule has 1 aliphatic carbocycles. The van der Waals surface area contributed by atoms with Gasteiger partial charge in [0.05, 0.1) is 0 Å². The number of carbonyl (C=O) groups is 1. The van der Waals surface area contributed by atoms with Gasteiger partial charge in [-0.05, 0) is 57.7 Å². The van der Waals surface area contributed by atoms with Crippen LogP contribution >= 0.6 is 12.4 Å². The second-order valence-electron chi connectivity index (χ2n) is 6.45. The largest absolute Gasteiger partial charge is 0.341 e. The second kappa shape index (κ2) is 7.62. The van der Waals surface area contributed by atoms with Gasteiger partial charge in [-0.15, -0.1) is 12.4 Å². The van der Waals surface area contributed by atoms with E-state index in [1.165, 1.54) is 39.0 Å². The third-order valence-electron chi connectivity index (χ3n) is 4.80. The smallest absolute Gasteiger partial charge is 0.225 e. The number of hydrogen-bond acceptors (Lipinski definition) is 3. The van der Waals surface area contributed by atoms with Crippen molar-refractivity contribution in [2.45, 2.75) is 32.1 Å². The highest BCUT2D eigenvalue weighted by molar-refractivity contribution is 5.85. The number of nitrogens with zero attached hydrogens (tertiary/aromatic N) is 2. The van der Waals surface area contributed by atoms with Gasteiger partial charge in [0.25, 0.3) is 0 Å². The molecule has 0 aromatic carbocycles. The summed E-state index contributed by atoms with van der Waals surface area (Å²) in [5, 5.41) is 3.43.